The third kappa shape index (κ3) is 2.90. The molecule has 1 aliphatic rings. The quantitative estimate of drug-likeness (QED) is 0.444. The maximum atomic E-state index is 12.1. The molecule has 0 aromatic heterocycles. The van der Waals surface area contributed by atoms with Gasteiger partial charge in [0.05, 0.1) is 0 Å². The van der Waals surface area contributed by atoms with E-state index in [0.717, 1.165) is 12.8 Å². The number of hydrogen-bond acceptors (Lipinski definition) is 3. The molecule has 3 nitrogen and oxygen atoms in total. The minimum atomic E-state index is -5.51. The van der Waals surface area contributed by atoms with Gasteiger partial charge in [0.25, 0.3) is 0 Å². The molecule has 1 rings (SSSR count). The van der Waals surface area contributed by atoms with E-state index in [2.05, 4.69) is 4.18 Å². The van der Waals surface area contributed by atoms with Crippen LogP contribution in [-0.2, 0) is 14.3 Å². The van der Waals surface area contributed by atoms with Gasteiger partial charge in [0, 0.05) is 5.92 Å². The molecule has 0 radical (unpaired) electrons. The maximum absolute atomic E-state index is 12.1. The normalized spacial score (nSPS) is 20.1. The molecule has 0 atom stereocenters. The van der Waals surface area contributed by atoms with Crippen LogP contribution in [-0.4, -0.2) is 13.9 Å². The number of alkyl halides is 3. The summed E-state index contributed by atoms with van der Waals surface area (Å²) in [6.45, 7) is 1.47. The molecule has 0 saturated heterocycles. The van der Waals surface area contributed by atoms with E-state index >= 15 is 0 Å². The van der Waals surface area contributed by atoms with E-state index in [0.29, 0.717) is 12.8 Å². The zero-order chi connectivity index (χ0) is 12.4. The molecule has 94 valence electrons. The molecule has 7 heteroatoms. The Morgan fingerprint density at radius 1 is 1.31 bits per heavy atom. The van der Waals surface area contributed by atoms with Crippen LogP contribution in [0.5, 0.6) is 0 Å². The summed E-state index contributed by atoms with van der Waals surface area (Å²) in [7, 11) is -5.51. The summed E-state index contributed by atoms with van der Waals surface area (Å²) >= 11 is 0. The first-order valence-electron chi connectivity index (χ1n) is 4.95. The fourth-order valence-electron chi connectivity index (χ4n) is 1.74. The van der Waals surface area contributed by atoms with E-state index in [9.17, 15) is 21.6 Å². The Morgan fingerprint density at radius 2 is 1.81 bits per heavy atom. The second kappa shape index (κ2) is 4.65. The van der Waals surface area contributed by atoms with Crippen molar-refractivity contribution in [2.45, 2.75) is 38.1 Å². The van der Waals surface area contributed by atoms with Crippen molar-refractivity contribution in [3.63, 3.8) is 0 Å². The van der Waals surface area contributed by atoms with Gasteiger partial charge in [-0.25, -0.2) is 0 Å². The van der Waals surface area contributed by atoms with Gasteiger partial charge in [-0.15, -0.1) is 0 Å². The monoisotopic (exact) mass is 258 g/mol. The van der Waals surface area contributed by atoms with Gasteiger partial charge in [0.15, 0.2) is 0 Å². The van der Waals surface area contributed by atoms with Gasteiger partial charge >= 0.3 is 15.6 Å². The Hall–Kier alpha value is -0.720. The van der Waals surface area contributed by atoms with Crippen molar-refractivity contribution >= 4 is 10.1 Å². The minimum Gasteiger partial charge on any atom is -0.381 e. The van der Waals surface area contributed by atoms with Crippen molar-refractivity contribution < 1.29 is 25.8 Å². The molecule has 16 heavy (non-hydrogen) atoms. The molecule has 0 aliphatic heterocycles. The number of hydrogen-bond donors (Lipinski definition) is 0. The molecular formula is C9H13F3O3S. The average Bonchev–Trinajstić information content (AvgIpc) is 2.65. The minimum absolute atomic E-state index is 0.0881. The zero-order valence-electron chi connectivity index (χ0n) is 8.75. The first kappa shape index (κ1) is 13.3. The third-order valence-corrected chi connectivity index (χ3v) is 3.51. The summed E-state index contributed by atoms with van der Waals surface area (Å²) in [6, 6.07) is 0. The van der Waals surface area contributed by atoms with Crippen LogP contribution >= 0.6 is 0 Å². The summed E-state index contributed by atoms with van der Waals surface area (Å²) < 4.78 is 62.0. The Labute approximate surface area is 92.4 Å². The molecule has 0 spiro atoms. The summed E-state index contributed by atoms with van der Waals surface area (Å²) in [5, 5.41) is 0. The van der Waals surface area contributed by atoms with Crippen LogP contribution in [0, 0.1) is 5.92 Å². The van der Waals surface area contributed by atoms with Gasteiger partial charge in [-0.05, 0) is 25.8 Å². The largest absolute Gasteiger partial charge is 0.534 e. The molecule has 0 bridgehead atoms. The molecule has 0 aromatic rings. The molecule has 1 saturated carbocycles. The van der Waals surface area contributed by atoms with E-state index in [-0.39, 0.29) is 11.7 Å². The molecular weight excluding hydrogens is 245 g/mol. The predicted octanol–water partition coefficient (Wildman–Crippen LogP) is 2.95. The Bertz CT molecular complexity index is 364. The SMILES string of the molecule is C/C=C(\OS(=O)(=O)C(F)(F)F)C1CCCC1. The molecule has 0 N–H and O–H groups in total. The van der Waals surface area contributed by atoms with Gasteiger partial charge in [-0.1, -0.05) is 12.8 Å². The zero-order valence-corrected chi connectivity index (χ0v) is 9.57. The van der Waals surface area contributed by atoms with Crippen LogP contribution in [0.15, 0.2) is 11.8 Å². The summed E-state index contributed by atoms with van der Waals surface area (Å²) in [6.07, 6.45) is 4.41. The summed E-state index contributed by atoms with van der Waals surface area (Å²) in [5.41, 5.74) is -5.36. The lowest BCUT2D eigenvalue weighted by atomic mass is 10.1. The van der Waals surface area contributed by atoms with Gasteiger partial charge in [0.2, 0.25) is 0 Å². The number of halogens is 3. The molecule has 0 unspecified atom stereocenters. The van der Waals surface area contributed by atoms with Crippen molar-refractivity contribution in [3.8, 4) is 0 Å². The highest BCUT2D eigenvalue weighted by Crippen LogP contribution is 2.35. The van der Waals surface area contributed by atoms with Crippen LogP contribution in [0.4, 0.5) is 13.2 Å². The van der Waals surface area contributed by atoms with Crippen molar-refractivity contribution in [2.75, 3.05) is 0 Å². The first-order chi connectivity index (χ1) is 7.28. The van der Waals surface area contributed by atoms with Crippen LogP contribution < -0.4 is 0 Å². The summed E-state index contributed by atoms with van der Waals surface area (Å²) in [4.78, 5) is 0. The fourth-order valence-corrected chi connectivity index (χ4v) is 2.32. The lowest BCUT2D eigenvalue weighted by molar-refractivity contribution is -0.0526. The van der Waals surface area contributed by atoms with Crippen LogP contribution in [0.25, 0.3) is 0 Å². The van der Waals surface area contributed by atoms with Crippen molar-refractivity contribution in [2.24, 2.45) is 5.92 Å². The maximum Gasteiger partial charge on any atom is 0.534 e. The number of allylic oxidation sites excluding steroid dienone is 2. The second-order valence-corrected chi connectivity index (χ2v) is 5.19. The predicted molar refractivity (Wildman–Crippen MR) is 51.8 cm³/mol. The van der Waals surface area contributed by atoms with Crippen LogP contribution in [0.2, 0.25) is 0 Å². The van der Waals surface area contributed by atoms with Crippen LogP contribution in [0.3, 0.4) is 0 Å². The van der Waals surface area contributed by atoms with Gasteiger partial charge in [-0.2, -0.15) is 21.6 Å². The molecule has 0 amide bonds. The van der Waals surface area contributed by atoms with Crippen molar-refractivity contribution in [1.82, 2.24) is 0 Å². The van der Waals surface area contributed by atoms with E-state index in [4.69, 9.17) is 0 Å². The highest BCUT2D eigenvalue weighted by Gasteiger charge is 2.49. The lowest BCUT2D eigenvalue weighted by Gasteiger charge is -2.16. The Kier molecular flexibility index (Phi) is 3.88. The summed E-state index contributed by atoms with van der Waals surface area (Å²) in [5.74, 6) is -0.294. The average molecular weight is 258 g/mol. The molecule has 1 fully saturated rings. The van der Waals surface area contributed by atoms with Gasteiger partial charge in [-0.3, -0.25) is 0 Å². The molecule has 0 aromatic carbocycles. The first-order valence-corrected chi connectivity index (χ1v) is 6.35. The van der Waals surface area contributed by atoms with E-state index < -0.39 is 15.6 Å². The fraction of sp³-hybridized carbons (Fsp3) is 0.778. The molecule has 1 aliphatic carbocycles. The van der Waals surface area contributed by atoms with Crippen molar-refractivity contribution in [1.29, 1.82) is 0 Å². The van der Waals surface area contributed by atoms with E-state index in [1.807, 2.05) is 0 Å². The molecule has 0 heterocycles. The number of rotatable bonds is 3. The highest BCUT2D eigenvalue weighted by atomic mass is 32.2. The smallest absolute Gasteiger partial charge is 0.381 e. The van der Waals surface area contributed by atoms with Crippen LogP contribution in [0.1, 0.15) is 32.6 Å². The van der Waals surface area contributed by atoms with Gasteiger partial charge < -0.3 is 4.18 Å². The Balaban J connectivity index is 2.79. The highest BCUT2D eigenvalue weighted by molar-refractivity contribution is 7.87. The van der Waals surface area contributed by atoms with Crippen molar-refractivity contribution in [3.05, 3.63) is 11.8 Å². The standard InChI is InChI=1S/C9H13F3O3S/c1-2-8(7-5-3-4-6-7)15-16(13,14)9(10,11)12/h2,7H,3-6H2,1H3/b8-2-. The lowest BCUT2D eigenvalue weighted by Crippen LogP contribution is -2.26. The van der Waals surface area contributed by atoms with Gasteiger partial charge in [0.1, 0.15) is 5.76 Å². The Morgan fingerprint density at radius 3 is 2.19 bits per heavy atom. The van der Waals surface area contributed by atoms with E-state index in [1.165, 1.54) is 13.0 Å². The second-order valence-electron chi connectivity index (χ2n) is 3.66. The topological polar surface area (TPSA) is 43.4 Å². The third-order valence-electron chi connectivity index (χ3n) is 2.53. The van der Waals surface area contributed by atoms with E-state index in [1.54, 1.807) is 0 Å².